The SMILES string of the molecule is CCCCCCCCCCCCCP[O-]. The summed E-state index contributed by atoms with van der Waals surface area (Å²) in [7, 11) is -0.0804. The molecule has 92 valence electrons. The number of rotatable bonds is 12. The van der Waals surface area contributed by atoms with Crippen LogP contribution < -0.4 is 4.89 Å². The van der Waals surface area contributed by atoms with Crippen LogP contribution in [0.1, 0.15) is 77.6 Å². The first kappa shape index (κ1) is 15.4. The van der Waals surface area contributed by atoms with Gasteiger partial charge in [-0.25, -0.2) is 8.81 Å². The summed E-state index contributed by atoms with van der Waals surface area (Å²) in [5.74, 6) is 0. The Morgan fingerprint density at radius 2 is 1.07 bits per heavy atom. The van der Waals surface area contributed by atoms with Gasteiger partial charge in [-0.15, -0.1) is 0 Å². The summed E-state index contributed by atoms with van der Waals surface area (Å²) in [5, 5.41) is 0. The van der Waals surface area contributed by atoms with Gasteiger partial charge in [0.15, 0.2) is 0 Å². The normalized spacial score (nSPS) is 11.6. The summed E-state index contributed by atoms with van der Waals surface area (Å²) in [5.41, 5.74) is 0. The number of hydrogen-bond donors (Lipinski definition) is 0. The lowest BCUT2D eigenvalue weighted by molar-refractivity contribution is -0.150. The van der Waals surface area contributed by atoms with E-state index in [4.69, 9.17) is 0 Å². The molecule has 0 aliphatic rings. The zero-order valence-corrected chi connectivity index (χ0v) is 11.4. The van der Waals surface area contributed by atoms with E-state index in [1.807, 2.05) is 0 Å². The minimum Gasteiger partial charge on any atom is -0.832 e. The predicted octanol–water partition coefficient (Wildman–Crippen LogP) is 4.25. The molecule has 1 nitrogen and oxygen atoms in total. The van der Waals surface area contributed by atoms with Crippen LogP contribution in [0.2, 0.25) is 0 Å². The molecule has 0 fully saturated rings. The number of unbranched alkanes of at least 4 members (excludes halogenated alkanes) is 10. The first-order valence-electron chi connectivity index (χ1n) is 6.76. The van der Waals surface area contributed by atoms with Gasteiger partial charge in [0, 0.05) is 0 Å². The van der Waals surface area contributed by atoms with Crippen molar-refractivity contribution in [2.24, 2.45) is 0 Å². The van der Waals surface area contributed by atoms with E-state index in [1.165, 1.54) is 70.6 Å². The van der Waals surface area contributed by atoms with Crippen LogP contribution in [0, 0.1) is 0 Å². The first-order valence-corrected chi connectivity index (χ1v) is 7.88. The lowest BCUT2D eigenvalue weighted by Crippen LogP contribution is -1.87. The molecule has 1 unspecified atom stereocenters. The van der Waals surface area contributed by atoms with Gasteiger partial charge in [-0.2, -0.15) is 0 Å². The molecule has 0 radical (unpaired) electrons. The van der Waals surface area contributed by atoms with Gasteiger partial charge in [-0.3, -0.25) is 0 Å². The van der Waals surface area contributed by atoms with Crippen molar-refractivity contribution in [3.63, 3.8) is 0 Å². The summed E-state index contributed by atoms with van der Waals surface area (Å²) in [6, 6.07) is 0. The molecule has 0 aromatic carbocycles. The average molecular weight is 231 g/mol. The standard InChI is InChI=1S/C13H28OP/c1-2-3-4-5-6-7-8-9-10-11-12-13-15-14/h15H,2-13H2,1H3/q-1. The van der Waals surface area contributed by atoms with Crippen LogP contribution in [0.3, 0.4) is 0 Å². The van der Waals surface area contributed by atoms with Crippen LogP contribution in [-0.2, 0) is 0 Å². The second kappa shape index (κ2) is 14.4. The third kappa shape index (κ3) is 14.4. The Morgan fingerprint density at radius 1 is 0.667 bits per heavy atom. The van der Waals surface area contributed by atoms with Gasteiger partial charge in [-0.05, 0) is 6.16 Å². The van der Waals surface area contributed by atoms with E-state index < -0.39 is 0 Å². The van der Waals surface area contributed by atoms with E-state index in [2.05, 4.69) is 6.92 Å². The smallest absolute Gasteiger partial charge is 0.0499 e. The maximum atomic E-state index is 10.2. The molecule has 0 spiro atoms. The fourth-order valence-electron chi connectivity index (χ4n) is 1.86. The van der Waals surface area contributed by atoms with E-state index >= 15 is 0 Å². The third-order valence-electron chi connectivity index (χ3n) is 2.88. The predicted molar refractivity (Wildman–Crippen MR) is 69.6 cm³/mol. The maximum absolute atomic E-state index is 10.2. The number of hydrogen-bond acceptors (Lipinski definition) is 1. The molecule has 0 saturated heterocycles. The molecule has 0 heterocycles. The third-order valence-corrected chi connectivity index (χ3v) is 3.44. The molecule has 2 heteroatoms. The first-order chi connectivity index (χ1) is 7.41. The van der Waals surface area contributed by atoms with Crippen molar-refractivity contribution < 1.29 is 4.89 Å². The second-order valence-corrected chi connectivity index (χ2v) is 5.22. The van der Waals surface area contributed by atoms with Crippen molar-refractivity contribution in [1.29, 1.82) is 0 Å². The van der Waals surface area contributed by atoms with E-state index in [-0.39, 0.29) is 8.81 Å². The molecular weight excluding hydrogens is 203 g/mol. The summed E-state index contributed by atoms with van der Waals surface area (Å²) in [4.78, 5) is 10.2. The Hall–Kier alpha value is 0.390. The van der Waals surface area contributed by atoms with Crippen molar-refractivity contribution in [3.05, 3.63) is 0 Å². The summed E-state index contributed by atoms with van der Waals surface area (Å²) in [6.45, 7) is 2.27. The van der Waals surface area contributed by atoms with E-state index in [1.54, 1.807) is 0 Å². The van der Waals surface area contributed by atoms with Crippen LogP contribution in [0.5, 0.6) is 0 Å². The molecule has 1 atom stereocenters. The second-order valence-electron chi connectivity index (χ2n) is 4.43. The monoisotopic (exact) mass is 231 g/mol. The average Bonchev–Trinajstić information content (AvgIpc) is 2.26. The molecule has 15 heavy (non-hydrogen) atoms. The minimum absolute atomic E-state index is 0.0804. The highest BCUT2D eigenvalue weighted by Crippen LogP contribution is 2.12. The Morgan fingerprint density at radius 3 is 1.47 bits per heavy atom. The fourth-order valence-corrected chi connectivity index (χ4v) is 2.26. The molecule has 0 N–H and O–H groups in total. The van der Waals surface area contributed by atoms with Crippen molar-refractivity contribution in [2.45, 2.75) is 77.6 Å². The van der Waals surface area contributed by atoms with E-state index in [0.29, 0.717) is 0 Å². The van der Waals surface area contributed by atoms with Gasteiger partial charge in [0.2, 0.25) is 0 Å². The van der Waals surface area contributed by atoms with Gasteiger partial charge >= 0.3 is 0 Å². The topological polar surface area (TPSA) is 23.1 Å². The molecule has 0 aromatic heterocycles. The molecule has 0 amide bonds. The highest BCUT2D eigenvalue weighted by Gasteiger charge is 1.91. The fraction of sp³-hybridized carbons (Fsp3) is 1.00. The molecule has 0 aliphatic carbocycles. The lowest BCUT2D eigenvalue weighted by atomic mass is 10.1. The summed E-state index contributed by atoms with van der Waals surface area (Å²) in [6.07, 6.45) is 16.0. The van der Waals surface area contributed by atoms with Crippen LogP contribution in [0.25, 0.3) is 0 Å². The van der Waals surface area contributed by atoms with Gasteiger partial charge in [0.1, 0.15) is 0 Å². The lowest BCUT2D eigenvalue weighted by Gasteiger charge is -2.04. The van der Waals surface area contributed by atoms with Crippen molar-refractivity contribution >= 4 is 8.81 Å². The molecule has 0 saturated carbocycles. The van der Waals surface area contributed by atoms with Crippen LogP contribution >= 0.6 is 8.81 Å². The summed E-state index contributed by atoms with van der Waals surface area (Å²) >= 11 is 0. The van der Waals surface area contributed by atoms with Gasteiger partial charge in [-0.1, -0.05) is 77.6 Å². The van der Waals surface area contributed by atoms with Gasteiger partial charge < -0.3 is 4.89 Å². The van der Waals surface area contributed by atoms with E-state index in [9.17, 15) is 4.89 Å². The van der Waals surface area contributed by atoms with Crippen LogP contribution in [0.15, 0.2) is 0 Å². The minimum atomic E-state index is -0.0804. The maximum Gasteiger partial charge on any atom is -0.0499 e. The highest BCUT2D eigenvalue weighted by molar-refractivity contribution is 7.29. The van der Waals surface area contributed by atoms with Gasteiger partial charge in [0.05, 0.1) is 0 Å². The van der Waals surface area contributed by atoms with Crippen molar-refractivity contribution in [2.75, 3.05) is 6.16 Å². The molecular formula is C13H28OP-. The Balaban J connectivity index is 2.81. The molecule has 0 aromatic rings. The van der Waals surface area contributed by atoms with Crippen molar-refractivity contribution in [3.8, 4) is 0 Å². The van der Waals surface area contributed by atoms with Gasteiger partial charge in [0.25, 0.3) is 0 Å². The molecule has 0 aliphatic heterocycles. The highest BCUT2D eigenvalue weighted by atomic mass is 31.1. The van der Waals surface area contributed by atoms with E-state index in [0.717, 1.165) is 6.16 Å². The summed E-state index contributed by atoms with van der Waals surface area (Å²) < 4.78 is 0. The zero-order valence-electron chi connectivity index (χ0n) is 10.4. The van der Waals surface area contributed by atoms with Crippen molar-refractivity contribution in [1.82, 2.24) is 0 Å². The van der Waals surface area contributed by atoms with Crippen LogP contribution in [0.4, 0.5) is 0 Å². The van der Waals surface area contributed by atoms with Crippen LogP contribution in [-0.4, -0.2) is 6.16 Å². The molecule has 0 rings (SSSR count). The Labute approximate surface area is 97.9 Å². The molecule has 0 bridgehead atoms. The zero-order chi connectivity index (χ0) is 11.2. The Kier molecular flexibility index (Phi) is 14.8. The Bertz CT molecular complexity index is 94.7. The quantitative estimate of drug-likeness (QED) is 0.364. The largest absolute Gasteiger partial charge is 0.832 e.